The average Bonchev–Trinajstić information content (AvgIpc) is 3.38. The van der Waals surface area contributed by atoms with Gasteiger partial charge >= 0.3 is 6.18 Å². The number of nitrogens with two attached hydrogens (primary N) is 1. The van der Waals surface area contributed by atoms with Crippen LogP contribution in [0.2, 0.25) is 0 Å². The van der Waals surface area contributed by atoms with Gasteiger partial charge in [-0.15, -0.1) is 0 Å². The molecule has 0 amide bonds. The molecule has 3 atom stereocenters. The SMILES string of the molecule is Cc1nc(N[C@H](C)c2cc(N)cc(C(F)(F)F)c2)c2cc(N3CC4CCC(C3)N4C)c3nccn3c2n1. The second-order valence-electron chi connectivity index (χ2n) is 10.2. The fourth-order valence-electron chi connectivity index (χ4n) is 5.78. The second kappa shape index (κ2) is 8.47. The van der Waals surface area contributed by atoms with Crippen molar-refractivity contribution in [3.8, 4) is 0 Å². The van der Waals surface area contributed by atoms with E-state index in [9.17, 15) is 13.2 Å². The number of hydrogen-bond acceptors (Lipinski definition) is 7. The predicted octanol–water partition coefficient (Wildman–Crippen LogP) is 4.64. The van der Waals surface area contributed by atoms with Crippen molar-refractivity contribution < 1.29 is 13.2 Å². The minimum absolute atomic E-state index is 0.0642. The Balaban J connectivity index is 1.43. The van der Waals surface area contributed by atoms with Gasteiger partial charge < -0.3 is 16.0 Å². The highest BCUT2D eigenvalue weighted by Crippen LogP contribution is 2.37. The molecule has 11 heteroatoms. The summed E-state index contributed by atoms with van der Waals surface area (Å²) in [5.74, 6) is 1.10. The van der Waals surface area contributed by atoms with E-state index >= 15 is 0 Å². The molecule has 2 fully saturated rings. The standard InChI is InChI=1S/C26H29F3N8/c1-14(16-8-17(26(27,28)29)10-18(30)9-16)32-23-21-11-22(36-12-19-4-5-20(13-36)35(19)3)25-31-6-7-37(25)24(21)34-15(2)33-23/h6-11,14,19-20H,4-5,12-13,30H2,1-3H3,(H,32,33,34)/t14-,19?,20?/m1/s1. The quantitative estimate of drug-likeness (QED) is 0.387. The Bertz CT molecular complexity index is 1480. The lowest BCUT2D eigenvalue weighted by Crippen LogP contribution is -2.52. The van der Waals surface area contributed by atoms with Gasteiger partial charge in [0.05, 0.1) is 22.7 Å². The number of piperazine rings is 1. The molecule has 194 valence electrons. The first-order valence-corrected chi connectivity index (χ1v) is 12.4. The molecule has 4 aromatic rings. The van der Waals surface area contributed by atoms with Gasteiger partial charge in [0.15, 0.2) is 11.3 Å². The molecule has 2 aliphatic rings. The predicted molar refractivity (Wildman–Crippen MR) is 138 cm³/mol. The number of aryl methyl sites for hydroxylation is 1. The number of pyridine rings is 1. The van der Waals surface area contributed by atoms with Crippen molar-refractivity contribution in [3.05, 3.63) is 53.6 Å². The lowest BCUT2D eigenvalue weighted by molar-refractivity contribution is -0.137. The third-order valence-corrected chi connectivity index (χ3v) is 7.76. The summed E-state index contributed by atoms with van der Waals surface area (Å²) in [6.07, 6.45) is 1.54. The third-order valence-electron chi connectivity index (χ3n) is 7.76. The van der Waals surface area contributed by atoms with Crippen molar-refractivity contribution in [2.24, 2.45) is 0 Å². The zero-order chi connectivity index (χ0) is 26.1. The van der Waals surface area contributed by atoms with Crippen LogP contribution in [0.1, 0.15) is 42.8 Å². The molecule has 8 nitrogen and oxygen atoms in total. The maximum Gasteiger partial charge on any atom is 0.416 e. The topological polar surface area (TPSA) is 87.6 Å². The number of imidazole rings is 1. The van der Waals surface area contributed by atoms with E-state index in [2.05, 4.69) is 38.2 Å². The molecule has 37 heavy (non-hydrogen) atoms. The summed E-state index contributed by atoms with van der Waals surface area (Å²) in [6.45, 7) is 5.42. The highest BCUT2D eigenvalue weighted by Gasteiger charge is 2.38. The van der Waals surface area contributed by atoms with E-state index in [4.69, 9.17) is 10.7 Å². The molecule has 0 spiro atoms. The number of likely N-dealkylation sites (N-methyl/N-ethyl adjacent to an activating group) is 1. The van der Waals surface area contributed by atoms with Crippen LogP contribution in [0.5, 0.6) is 0 Å². The molecule has 0 aliphatic carbocycles. The molecule has 3 N–H and O–H groups in total. The molecule has 1 aromatic carbocycles. The van der Waals surface area contributed by atoms with E-state index in [0.29, 0.717) is 34.9 Å². The largest absolute Gasteiger partial charge is 0.416 e. The Labute approximate surface area is 212 Å². The maximum atomic E-state index is 13.4. The van der Waals surface area contributed by atoms with Gasteiger partial charge in [-0.1, -0.05) is 0 Å². The number of nitrogens with one attached hydrogen (secondary N) is 1. The van der Waals surface area contributed by atoms with Crippen molar-refractivity contribution in [1.29, 1.82) is 0 Å². The number of hydrogen-bond donors (Lipinski definition) is 2. The molecular weight excluding hydrogens is 481 g/mol. The highest BCUT2D eigenvalue weighted by atomic mass is 19.4. The summed E-state index contributed by atoms with van der Waals surface area (Å²) in [5, 5.41) is 4.12. The maximum absolute atomic E-state index is 13.4. The van der Waals surface area contributed by atoms with Gasteiger partial charge in [0.25, 0.3) is 0 Å². The number of halogens is 3. The van der Waals surface area contributed by atoms with Crippen LogP contribution in [0.3, 0.4) is 0 Å². The zero-order valence-electron chi connectivity index (χ0n) is 20.9. The molecule has 3 aromatic heterocycles. The Kier molecular flexibility index (Phi) is 5.45. The summed E-state index contributed by atoms with van der Waals surface area (Å²) >= 11 is 0. The normalized spacial score (nSPS) is 21.2. The minimum Gasteiger partial charge on any atom is -0.399 e. The number of aromatic nitrogens is 4. The Morgan fingerprint density at radius 2 is 1.78 bits per heavy atom. The molecule has 6 rings (SSSR count). The molecule has 2 aliphatic heterocycles. The lowest BCUT2D eigenvalue weighted by Gasteiger charge is -2.40. The van der Waals surface area contributed by atoms with Crippen LogP contribution in [-0.2, 0) is 6.18 Å². The van der Waals surface area contributed by atoms with E-state index in [1.807, 2.05) is 10.6 Å². The summed E-state index contributed by atoms with van der Waals surface area (Å²) in [7, 11) is 2.20. The van der Waals surface area contributed by atoms with Crippen molar-refractivity contribution in [1.82, 2.24) is 24.3 Å². The number of nitrogen functional groups attached to an aromatic ring is 1. The van der Waals surface area contributed by atoms with Crippen LogP contribution in [0.25, 0.3) is 16.7 Å². The van der Waals surface area contributed by atoms with Gasteiger partial charge in [-0.2, -0.15) is 13.2 Å². The Morgan fingerprint density at radius 3 is 2.49 bits per heavy atom. The van der Waals surface area contributed by atoms with Crippen LogP contribution < -0.4 is 16.0 Å². The van der Waals surface area contributed by atoms with Crippen LogP contribution in [0.15, 0.2) is 36.7 Å². The molecule has 2 bridgehead atoms. The molecular formula is C26H29F3N8. The number of alkyl halides is 3. The van der Waals surface area contributed by atoms with Gasteiger partial charge in [0.1, 0.15) is 11.6 Å². The molecule has 0 saturated carbocycles. The van der Waals surface area contributed by atoms with Crippen LogP contribution in [-0.4, -0.2) is 56.5 Å². The summed E-state index contributed by atoms with van der Waals surface area (Å²) in [4.78, 5) is 18.9. The van der Waals surface area contributed by atoms with Gasteiger partial charge in [-0.05, 0) is 63.6 Å². The monoisotopic (exact) mass is 510 g/mol. The smallest absolute Gasteiger partial charge is 0.399 e. The summed E-state index contributed by atoms with van der Waals surface area (Å²) in [5.41, 5.74) is 8.07. The van der Waals surface area contributed by atoms with Crippen molar-refractivity contribution in [2.45, 2.75) is 51.0 Å². The van der Waals surface area contributed by atoms with Crippen molar-refractivity contribution in [3.63, 3.8) is 0 Å². The fraction of sp³-hybridized carbons (Fsp3) is 0.423. The molecule has 0 radical (unpaired) electrons. The van der Waals surface area contributed by atoms with E-state index in [1.54, 1.807) is 26.1 Å². The van der Waals surface area contributed by atoms with Gasteiger partial charge in [0.2, 0.25) is 0 Å². The zero-order valence-corrected chi connectivity index (χ0v) is 20.9. The first kappa shape index (κ1) is 23.8. The lowest BCUT2D eigenvalue weighted by atomic mass is 10.0. The van der Waals surface area contributed by atoms with Gasteiger partial charge in [0, 0.05) is 43.3 Å². The molecule has 5 heterocycles. The van der Waals surface area contributed by atoms with Crippen LogP contribution >= 0.6 is 0 Å². The molecule has 2 unspecified atom stereocenters. The second-order valence-corrected chi connectivity index (χ2v) is 10.2. The van der Waals surface area contributed by atoms with E-state index in [-0.39, 0.29) is 5.69 Å². The number of nitrogens with zero attached hydrogens (tertiary/aromatic N) is 6. The number of benzene rings is 1. The van der Waals surface area contributed by atoms with Crippen LogP contribution in [0, 0.1) is 6.92 Å². The van der Waals surface area contributed by atoms with E-state index in [1.165, 1.54) is 12.8 Å². The number of rotatable bonds is 4. The van der Waals surface area contributed by atoms with Crippen molar-refractivity contribution >= 4 is 33.9 Å². The third kappa shape index (κ3) is 4.11. The minimum atomic E-state index is -4.48. The fourth-order valence-corrected chi connectivity index (χ4v) is 5.78. The number of fused-ring (bicyclic) bond motifs is 5. The van der Waals surface area contributed by atoms with Crippen LogP contribution in [0.4, 0.5) is 30.4 Å². The van der Waals surface area contributed by atoms with Crippen molar-refractivity contribution in [2.75, 3.05) is 36.1 Å². The summed E-state index contributed by atoms with van der Waals surface area (Å²) < 4.78 is 42.2. The summed E-state index contributed by atoms with van der Waals surface area (Å²) in [6, 6.07) is 6.23. The first-order valence-electron chi connectivity index (χ1n) is 12.4. The Morgan fingerprint density at radius 1 is 1.05 bits per heavy atom. The number of anilines is 3. The van der Waals surface area contributed by atoms with Gasteiger partial charge in [-0.25, -0.2) is 15.0 Å². The highest BCUT2D eigenvalue weighted by molar-refractivity contribution is 5.94. The van der Waals surface area contributed by atoms with E-state index in [0.717, 1.165) is 41.9 Å². The molecule has 2 saturated heterocycles. The Hall–Kier alpha value is -3.60. The van der Waals surface area contributed by atoms with E-state index < -0.39 is 17.8 Å². The van der Waals surface area contributed by atoms with Gasteiger partial charge in [-0.3, -0.25) is 9.30 Å². The first-order chi connectivity index (χ1) is 17.6. The average molecular weight is 511 g/mol.